The van der Waals surface area contributed by atoms with Gasteiger partial charge < -0.3 is 9.15 Å². The molecule has 0 N–H and O–H groups in total. The molecule has 0 amide bonds. The largest absolute Gasteiger partial charge is 0.484 e. The smallest absolute Gasteiger partial charge is 0.206 e. The van der Waals surface area contributed by atoms with E-state index >= 15 is 0 Å². The van der Waals surface area contributed by atoms with Crippen LogP contribution < -0.4 is 4.74 Å². The lowest BCUT2D eigenvalue weighted by Crippen LogP contribution is -1.99. The Labute approximate surface area is 154 Å². The van der Waals surface area contributed by atoms with Crippen LogP contribution in [0, 0.1) is 5.82 Å². The molecule has 0 unspecified atom stereocenters. The zero-order chi connectivity index (χ0) is 18.5. The highest BCUT2D eigenvalue weighted by molar-refractivity contribution is 6.32. The molecule has 0 atom stereocenters. The number of benzene rings is 1. The number of nitrogens with zero attached hydrogens (tertiary/aromatic N) is 2. The first-order chi connectivity index (χ1) is 12.5. The van der Waals surface area contributed by atoms with Gasteiger partial charge in [-0.2, -0.15) is 5.10 Å². The minimum atomic E-state index is -0.429. The van der Waals surface area contributed by atoms with E-state index in [1.165, 1.54) is 24.3 Å². The Balaban J connectivity index is 1.59. The highest BCUT2D eigenvalue weighted by Gasteiger charge is 2.08. The third kappa shape index (κ3) is 4.40. The average Bonchev–Trinajstić information content (AvgIpc) is 3.28. The predicted molar refractivity (Wildman–Crippen MR) is 95.7 cm³/mol. The summed E-state index contributed by atoms with van der Waals surface area (Å²) >= 11 is 5.90. The normalized spacial score (nSPS) is 11.2. The van der Waals surface area contributed by atoms with Gasteiger partial charge in [0.1, 0.15) is 35.4 Å². The number of furan rings is 1. The standard InChI is InChI=1S/C19H16ClFN2O3/c1-2-23-10-9-17(22-23)18(24)7-6-14-4-5-15(26-14)12-25-19-8-3-13(21)11-16(19)20/h3-11H,2,12H2,1H3. The van der Waals surface area contributed by atoms with Crippen molar-refractivity contribution in [3.63, 3.8) is 0 Å². The van der Waals surface area contributed by atoms with Crippen molar-refractivity contribution in [2.45, 2.75) is 20.1 Å². The van der Waals surface area contributed by atoms with Crippen molar-refractivity contribution >= 4 is 23.5 Å². The van der Waals surface area contributed by atoms with E-state index in [2.05, 4.69) is 5.10 Å². The zero-order valence-electron chi connectivity index (χ0n) is 14.0. The molecule has 26 heavy (non-hydrogen) atoms. The molecule has 0 spiro atoms. The van der Waals surface area contributed by atoms with Gasteiger partial charge in [-0.3, -0.25) is 9.48 Å². The van der Waals surface area contributed by atoms with Crippen molar-refractivity contribution in [2.75, 3.05) is 0 Å². The molecule has 2 aromatic heterocycles. The zero-order valence-corrected chi connectivity index (χ0v) is 14.7. The summed E-state index contributed by atoms with van der Waals surface area (Å²) in [6, 6.07) is 9.02. The molecule has 134 valence electrons. The molecule has 0 saturated heterocycles. The first kappa shape index (κ1) is 17.9. The number of hydrogen-bond donors (Lipinski definition) is 0. The van der Waals surface area contributed by atoms with Crippen LogP contribution in [-0.2, 0) is 13.2 Å². The Morgan fingerprint density at radius 3 is 2.92 bits per heavy atom. The fraction of sp³-hybridized carbons (Fsp3) is 0.158. The third-order valence-electron chi connectivity index (χ3n) is 3.56. The summed E-state index contributed by atoms with van der Waals surface area (Å²) in [5.41, 5.74) is 0.379. The van der Waals surface area contributed by atoms with Crippen LogP contribution in [0.15, 0.2) is 53.1 Å². The summed E-state index contributed by atoms with van der Waals surface area (Å²) in [6.07, 6.45) is 4.73. The lowest BCUT2D eigenvalue weighted by Gasteiger charge is -2.05. The summed E-state index contributed by atoms with van der Waals surface area (Å²) in [4.78, 5) is 12.1. The third-order valence-corrected chi connectivity index (χ3v) is 3.86. The highest BCUT2D eigenvalue weighted by atomic mass is 35.5. The monoisotopic (exact) mass is 374 g/mol. The van der Waals surface area contributed by atoms with Gasteiger partial charge in [0.25, 0.3) is 0 Å². The Kier molecular flexibility index (Phi) is 5.53. The van der Waals surface area contributed by atoms with E-state index in [1.54, 1.807) is 35.2 Å². The maximum atomic E-state index is 13.0. The molecular formula is C19H16ClFN2O3. The second kappa shape index (κ2) is 8.01. The van der Waals surface area contributed by atoms with Gasteiger partial charge in [0.15, 0.2) is 0 Å². The van der Waals surface area contributed by atoms with Gasteiger partial charge in [-0.1, -0.05) is 11.6 Å². The Morgan fingerprint density at radius 2 is 2.19 bits per heavy atom. The van der Waals surface area contributed by atoms with Gasteiger partial charge in [0, 0.05) is 12.7 Å². The first-order valence-electron chi connectivity index (χ1n) is 7.97. The Hall–Kier alpha value is -2.86. The summed E-state index contributed by atoms with van der Waals surface area (Å²) in [5.74, 6) is 0.791. The van der Waals surface area contributed by atoms with Crippen LogP contribution in [0.1, 0.15) is 28.9 Å². The molecule has 5 nitrogen and oxygen atoms in total. The van der Waals surface area contributed by atoms with Crippen molar-refractivity contribution in [3.8, 4) is 5.75 Å². The molecule has 2 heterocycles. The lowest BCUT2D eigenvalue weighted by molar-refractivity contribution is 0.104. The van der Waals surface area contributed by atoms with Gasteiger partial charge in [-0.05, 0) is 55.5 Å². The van der Waals surface area contributed by atoms with E-state index in [-0.39, 0.29) is 17.4 Å². The summed E-state index contributed by atoms with van der Waals surface area (Å²) in [7, 11) is 0. The van der Waals surface area contributed by atoms with Crippen molar-refractivity contribution in [1.29, 1.82) is 0 Å². The molecule has 0 saturated carbocycles. The van der Waals surface area contributed by atoms with Crippen LogP contribution >= 0.6 is 11.6 Å². The first-order valence-corrected chi connectivity index (χ1v) is 8.35. The fourth-order valence-corrected chi connectivity index (χ4v) is 2.44. The number of rotatable bonds is 7. The van der Waals surface area contributed by atoms with Crippen molar-refractivity contribution in [3.05, 3.63) is 76.7 Å². The van der Waals surface area contributed by atoms with E-state index in [1.807, 2.05) is 6.92 Å². The average molecular weight is 375 g/mol. The molecule has 3 rings (SSSR count). The number of halogens is 2. The second-order valence-corrected chi connectivity index (χ2v) is 5.83. The van der Waals surface area contributed by atoms with Gasteiger partial charge in [-0.25, -0.2) is 4.39 Å². The highest BCUT2D eigenvalue weighted by Crippen LogP contribution is 2.26. The van der Waals surface area contributed by atoms with Crippen LogP contribution in [0.2, 0.25) is 5.02 Å². The van der Waals surface area contributed by atoms with Crippen molar-refractivity contribution in [1.82, 2.24) is 9.78 Å². The topological polar surface area (TPSA) is 57.3 Å². The molecular weight excluding hydrogens is 359 g/mol. The van der Waals surface area contributed by atoms with E-state index in [0.29, 0.717) is 29.5 Å². The Bertz CT molecular complexity index is 946. The quantitative estimate of drug-likeness (QED) is 0.442. The summed E-state index contributed by atoms with van der Waals surface area (Å²) < 4.78 is 25.8. The molecule has 1 aromatic carbocycles. The van der Waals surface area contributed by atoms with Gasteiger partial charge in [0.2, 0.25) is 5.78 Å². The number of ketones is 1. The van der Waals surface area contributed by atoms with Gasteiger partial charge in [-0.15, -0.1) is 0 Å². The number of aromatic nitrogens is 2. The molecule has 0 fully saturated rings. The second-order valence-electron chi connectivity index (χ2n) is 5.42. The molecule has 3 aromatic rings. The number of ether oxygens (including phenoxy) is 1. The molecule has 7 heteroatoms. The van der Waals surface area contributed by atoms with E-state index < -0.39 is 5.82 Å². The molecule has 0 aliphatic heterocycles. The number of carbonyl (C=O) groups excluding carboxylic acids is 1. The van der Waals surface area contributed by atoms with E-state index in [0.717, 1.165) is 0 Å². The minimum absolute atomic E-state index is 0.133. The van der Waals surface area contributed by atoms with Crippen LogP contribution in [-0.4, -0.2) is 15.6 Å². The van der Waals surface area contributed by atoms with Crippen molar-refractivity contribution in [2.24, 2.45) is 0 Å². The number of carbonyl (C=O) groups is 1. The number of aryl methyl sites for hydroxylation is 1. The minimum Gasteiger partial charge on any atom is -0.484 e. The van der Waals surface area contributed by atoms with Crippen LogP contribution in [0.25, 0.3) is 6.08 Å². The summed E-state index contributed by atoms with van der Waals surface area (Å²) in [6.45, 7) is 2.79. The SMILES string of the molecule is CCn1ccc(C(=O)C=Cc2ccc(COc3ccc(F)cc3Cl)o2)n1. The maximum Gasteiger partial charge on any atom is 0.206 e. The summed E-state index contributed by atoms with van der Waals surface area (Å²) in [5, 5.41) is 4.34. The number of hydrogen-bond acceptors (Lipinski definition) is 4. The molecule has 0 aliphatic carbocycles. The van der Waals surface area contributed by atoms with Gasteiger partial charge in [0.05, 0.1) is 5.02 Å². The van der Waals surface area contributed by atoms with E-state index in [9.17, 15) is 9.18 Å². The fourth-order valence-electron chi connectivity index (χ4n) is 2.22. The maximum absolute atomic E-state index is 13.0. The van der Waals surface area contributed by atoms with E-state index in [4.69, 9.17) is 20.8 Å². The molecule has 0 radical (unpaired) electrons. The van der Waals surface area contributed by atoms with Crippen molar-refractivity contribution < 1.29 is 18.3 Å². The van der Waals surface area contributed by atoms with Crippen LogP contribution in [0.4, 0.5) is 4.39 Å². The number of allylic oxidation sites excluding steroid dienone is 1. The Morgan fingerprint density at radius 1 is 1.35 bits per heavy atom. The van der Waals surface area contributed by atoms with Crippen LogP contribution in [0.5, 0.6) is 5.75 Å². The lowest BCUT2D eigenvalue weighted by atomic mass is 10.2. The van der Waals surface area contributed by atoms with Gasteiger partial charge >= 0.3 is 0 Å². The van der Waals surface area contributed by atoms with Crippen LogP contribution in [0.3, 0.4) is 0 Å². The molecule has 0 aliphatic rings. The predicted octanol–water partition coefficient (Wildman–Crippen LogP) is 4.76. The molecule has 0 bridgehead atoms.